The van der Waals surface area contributed by atoms with Crippen LogP contribution in [-0.4, -0.2) is 24.8 Å². The predicted molar refractivity (Wildman–Crippen MR) is 79.2 cm³/mol. The lowest BCUT2D eigenvalue weighted by Crippen LogP contribution is -2.13. The van der Waals surface area contributed by atoms with Crippen LogP contribution in [0.25, 0.3) is 11.3 Å². The predicted octanol–water partition coefficient (Wildman–Crippen LogP) is 2.27. The fraction of sp³-hybridized carbons (Fsp3) is 0.0667. The number of pyridine rings is 1. The van der Waals surface area contributed by atoms with Gasteiger partial charge in [0.2, 0.25) is 0 Å². The van der Waals surface area contributed by atoms with E-state index in [1.165, 1.54) is 10.9 Å². The van der Waals surface area contributed by atoms with E-state index < -0.39 is 6.41 Å². The van der Waals surface area contributed by atoms with Gasteiger partial charge in [-0.15, -0.1) is 0 Å². The van der Waals surface area contributed by atoms with Gasteiger partial charge < -0.3 is 9.84 Å². The van der Waals surface area contributed by atoms with Gasteiger partial charge in [0.05, 0.1) is 11.4 Å². The molecule has 7 heteroatoms. The van der Waals surface area contributed by atoms with Crippen molar-refractivity contribution in [2.75, 3.05) is 5.48 Å². The minimum atomic E-state index is -1.20. The van der Waals surface area contributed by atoms with E-state index >= 15 is 0 Å². The topological polar surface area (TPSA) is 92.4 Å². The molecule has 2 aromatic heterocycles. The summed E-state index contributed by atoms with van der Waals surface area (Å²) in [5.41, 5.74) is 4.10. The quantitative estimate of drug-likeness (QED) is 0.494. The first-order valence-electron chi connectivity index (χ1n) is 6.55. The Hall–Kier alpha value is -2.90. The van der Waals surface area contributed by atoms with Crippen molar-refractivity contribution in [3.8, 4) is 17.0 Å². The molecule has 3 rings (SSSR count). The highest BCUT2D eigenvalue weighted by molar-refractivity contribution is 5.56. The highest BCUT2D eigenvalue weighted by Crippen LogP contribution is 2.21. The van der Waals surface area contributed by atoms with Crippen LogP contribution < -0.4 is 10.2 Å². The molecule has 0 saturated heterocycles. The summed E-state index contributed by atoms with van der Waals surface area (Å²) in [6, 6.07) is 10.2. The van der Waals surface area contributed by atoms with Gasteiger partial charge in [-0.05, 0) is 36.4 Å². The van der Waals surface area contributed by atoms with Crippen LogP contribution in [0.15, 0.2) is 61.3 Å². The number of imidazole rings is 1. The highest BCUT2D eigenvalue weighted by Gasteiger charge is 2.10. The molecule has 3 N–H and O–H groups in total. The molecule has 3 aromatic rings. The molecule has 1 aromatic carbocycles. The average Bonchev–Trinajstić information content (AvgIpc) is 3.06. The Labute approximate surface area is 126 Å². The number of anilines is 1. The van der Waals surface area contributed by atoms with Crippen LogP contribution in [0.2, 0.25) is 0 Å². The molecule has 1 atom stereocenters. The summed E-state index contributed by atoms with van der Waals surface area (Å²) in [4.78, 5) is 8.25. The lowest BCUT2D eigenvalue weighted by molar-refractivity contribution is -0.0793. The van der Waals surface area contributed by atoms with Crippen LogP contribution in [0.5, 0.6) is 5.75 Å². The van der Waals surface area contributed by atoms with Gasteiger partial charge >= 0.3 is 0 Å². The first-order valence-corrected chi connectivity index (χ1v) is 6.55. The zero-order chi connectivity index (χ0) is 15.4. The SMILES string of the molecule is ONc1ccc(O[C@H](O)n2cnc(-c3cccnc3)c2)cc1. The van der Waals surface area contributed by atoms with Crippen molar-refractivity contribution in [3.63, 3.8) is 0 Å². The Bertz CT molecular complexity index is 728. The zero-order valence-corrected chi connectivity index (χ0v) is 11.5. The Morgan fingerprint density at radius 3 is 2.68 bits per heavy atom. The molecule has 0 spiro atoms. The monoisotopic (exact) mass is 298 g/mol. The van der Waals surface area contributed by atoms with Crippen molar-refractivity contribution in [2.45, 2.75) is 6.41 Å². The van der Waals surface area contributed by atoms with Crippen molar-refractivity contribution in [3.05, 3.63) is 61.3 Å². The highest BCUT2D eigenvalue weighted by atomic mass is 16.6. The molecule has 0 amide bonds. The maximum absolute atomic E-state index is 10.1. The van der Waals surface area contributed by atoms with E-state index in [0.29, 0.717) is 17.1 Å². The summed E-state index contributed by atoms with van der Waals surface area (Å²) in [5.74, 6) is 0.461. The third kappa shape index (κ3) is 3.05. The molecule has 0 bridgehead atoms. The molecular weight excluding hydrogens is 284 g/mol. The molecule has 112 valence electrons. The van der Waals surface area contributed by atoms with Gasteiger partial charge in [-0.25, -0.2) is 4.98 Å². The number of ether oxygens (including phenoxy) is 1. The lowest BCUT2D eigenvalue weighted by Gasteiger charge is -2.14. The van der Waals surface area contributed by atoms with Crippen molar-refractivity contribution < 1.29 is 15.1 Å². The molecule has 2 heterocycles. The zero-order valence-electron chi connectivity index (χ0n) is 11.5. The third-order valence-corrected chi connectivity index (χ3v) is 3.04. The lowest BCUT2D eigenvalue weighted by atomic mass is 10.2. The molecule has 0 unspecified atom stereocenters. The van der Waals surface area contributed by atoms with E-state index in [0.717, 1.165) is 5.56 Å². The van der Waals surface area contributed by atoms with Gasteiger partial charge in [-0.1, -0.05) is 0 Å². The normalized spacial score (nSPS) is 11.9. The summed E-state index contributed by atoms with van der Waals surface area (Å²) >= 11 is 0. The van der Waals surface area contributed by atoms with Crippen LogP contribution >= 0.6 is 0 Å². The van der Waals surface area contributed by atoms with Crippen LogP contribution in [0.4, 0.5) is 5.69 Å². The second-order valence-electron chi connectivity index (χ2n) is 4.53. The number of aromatic nitrogens is 3. The first kappa shape index (κ1) is 14.1. The summed E-state index contributed by atoms with van der Waals surface area (Å²) in [7, 11) is 0. The van der Waals surface area contributed by atoms with Crippen molar-refractivity contribution in [1.29, 1.82) is 0 Å². The standard InChI is InChI=1S/C15H14N4O3/c20-15(22-13-5-3-12(18-21)4-6-13)19-9-14(17-10-19)11-2-1-7-16-8-11/h1-10,15,18,20-21H/t15-/m0/s1. The molecule has 0 radical (unpaired) electrons. The second-order valence-corrected chi connectivity index (χ2v) is 4.53. The number of rotatable bonds is 5. The van der Waals surface area contributed by atoms with Crippen molar-refractivity contribution in [2.24, 2.45) is 0 Å². The number of aliphatic hydroxyl groups excluding tert-OH is 1. The van der Waals surface area contributed by atoms with Gasteiger partial charge in [0.25, 0.3) is 6.41 Å². The Morgan fingerprint density at radius 1 is 1.18 bits per heavy atom. The molecule has 0 aliphatic carbocycles. The Balaban J connectivity index is 1.72. The third-order valence-electron chi connectivity index (χ3n) is 3.04. The molecule has 7 nitrogen and oxygen atoms in total. The summed E-state index contributed by atoms with van der Waals surface area (Å²) in [6.07, 6.45) is 5.33. The fourth-order valence-electron chi connectivity index (χ4n) is 1.91. The van der Waals surface area contributed by atoms with Gasteiger partial charge in [0.1, 0.15) is 12.1 Å². The molecule has 22 heavy (non-hydrogen) atoms. The molecule has 0 aliphatic rings. The van der Waals surface area contributed by atoms with Crippen LogP contribution in [0.1, 0.15) is 6.41 Å². The summed E-state index contributed by atoms with van der Waals surface area (Å²) < 4.78 is 6.85. The van der Waals surface area contributed by atoms with Crippen molar-refractivity contribution >= 4 is 5.69 Å². The number of nitrogens with zero attached hydrogens (tertiary/aromatic N) is 3. The minimum Gasteiger partial charge on any atom is -0.446 e. The van der Waals surface area contributed by atoms with Crippen molar-refractivity contribution in [1.82, 2.24) is 14.5 Å². The summed E-state index contributed by atoms with van der Waals surface area (Å²) in [5, 5.41) is 18.8. The largest absolute Gasteiger partial charge is 0.446 e. The van der Waals surface area contributed by atoms with E-state index in [4.69, 9.17) is 9.94 Å². The van der Waals surface area contributed by atoms with Crippen LogP contribution in [-0.2, 0) is 0 Å². The first-order chi connectivity index (χ1) is 10.8. The van der Waals surface area contributed by atoms with Gasteiger partial charge in [-0.3, -0.25) is 20.2 Å². The maximum Gasteiger partial charge on any atom is 0.286 e. The fourth-order valence-corrected chi connectivity index (χ4v) is 1.91. The van der Waals surface area contributed by atoms with Gasteiger partial charge in [0, 0.05) is 24.2 Å². The average molecular weight is 298 g/mol. The minimum absolute atomic E-state index is 0.461. The molecule has 0 saturated carbocycles. The smallest absolute Gasteiger partial charge is 0.286 e. The maximum atomic E-state index is 10.1. The summed E-state index contributed by atoms with van der Waals surface area (Å²) in [6.45, 7) is 0. The number of hydrogen-bond donors (Lipinski definition) is 3. The molecular formula is C15H14N4O3. The number of benzene rings is 1. The Kier molecular flexibility index (Phi) is 3.99. The second kappa shape index (κ2) is 6.25. The van der Waals surface area contributed by atoms with E-state index in [1.54, 1.807) is 42.9 Å². The van der Waals surface area contributed by atoms with Gasteiger partial charge in [-0.2, -0.15) is 0 Å². The van der Waals surface area contributed by atoms with Crippen LogP contribution in [0, 0.1) is 0 Å². The number of nitrogens with one attached hydrogen (secondary N) is 1. The molecule has 0 fully saturated rings. The van der Waals surface area contributed by atoms with Crippen LogP contribution in [0.3, 0.4) is 0 Å². The van der Waals surface area contributed by atoms with E-state index in [1.807, 2.05) is 17.6 Å². The molecule has 0 aliphatic heterocycles. The Morgan fingerprint density at radius 2 is 2.00 bits per heavy atom. The van der Waals surface area contributed by atoms with Gasteiger partial charge in [0.15, 0.2) is 0 Å². The van der Waals surface area contributed by atoms with E-state index in [2.05, 4.69) is 9.97 Å². The van der Waals surface area contributed by atoms with E-state index in [-0.39, 0.29) is 0 Å². The van der Waals surface area contributed by atoms with E-state index in [9.17, 15) is 5.11 Å². The number of aliphatic hydroxyl groups is 1. The number of hydrogen-bond acceptors (Lipinski definition) is 6.